The van der Waals surface area contributed by atoms with Crippen LogP contribution in [0.1, 0.15) is 278 Å². The van der Waals surface area contributed by atoms with Gasteiger partial charge in [0.15, 0.2) is 6.10 Å². The topological polar surface area (TPSA) is 78.9 Å². The molecule has 0 fully saturated rings. The van der Waals surface area contributed by atoms with Crippen molar-refractivity contribution in [3.05, 3.63) is 36.5 Å². The Kier molecular flexibility index (Phi) is 48.3. The summed E-state index contributed by atoms with van der Waals surface area (Å²) in [4.78, 5) is 37.9. The van der Waals surface area contributed by atoms with Gasteiger partial charge in [-0.25, -0.2) is 0 Å². The molecule has 0 rings (SSSR count). The number of hydrogen-bond acceptors (Lipinski definition) is 6. The molecule has 0 aliphatic carbocycles. The zero-order valence-corrected chi connectivity index (χ0v) is 40.7. The van der Waals surface area contributed by atoms with Gasteiger partial charge in [0.05, 0.1) is 0 Å². The third kappa shape index (κ3) is 48.5. The molecule has 0 radical (unpaired) electrons. The Bertz CT molecular complexity index is 1030. The lowest BCUT2D eigenvalue weighted by Crippen LogP contribution is -2.30. The molecule has 0 spiro atoms. The number of ether oxygens (including phenoxy) is 3. The first kappa shape index (κ1) is 58.6. The molecule has 61 heavy (non-hydrogen) atoms. The predicted molar refractivity (Wildman–Crippen MR) is 261 cm³/mol. The van der Waals surface area contributed by atoms with E-state index in [0.717, 1.165) is 96.3 Å². The molecule has 6 nitrogen and oxygen atoms in total. The number of carbonyl (C=O) groups excluding carboxylic acids is 3. The Balaban J connectivity index is 4.27. The summed E-state index contributed by atoms with van der Waals surface area (Å²) in [5.41, 5.74) is 0. The molecule has 6 heteroatoms. The largest absolute Gasteiger partial charge is 0.462 e. The van der Waals surface area contributed by atoms with Gasteiger partial charge in [-0.05, 0) is 51.4 Å². The second-order valence-corrected chi connectivity index (χ2v) is 17.8. The van der Waals surface area contributed by atoms with Gasteiger partial charge in [-0.15, -0.1) is 0 Å². The van der Waals surface area contributed by atoms with Crippen molar-refractivity contribution in [2.45, 2.75) is 284 Å². The first-order chi connectivity index (χ1) is 30.0. The summed E-state index contributed by atoms with van der Waals surface area (Å²) < 4.78 is 16.8. The molecule has 0 aromatic heterocycles. The summed E-state index contributed by atoms with van der Waals surface area (Å²) in [5, 5.41) is 0. The molecule has 0 N–H and O–H groups in total. The summed E-state index contributed by atoms with van der Waals surface area (Å²) in [7, 11) is 0. The highest BCUT2D eigenvalue weighted by molar-refractivity contribution is 5.71. The maximum Gasteiger partial charge on any atom is 0.306 e. The third-order valence-electron chi connectivity index (χ3n) is 11.7. The fourth-order valence-electron chi connectivity index (χ4n) is 7.69. The van der Waals surface area contributed by atoms with E-state index in [1.54, 1.807) is 0 Å². The minimum atomic E-state index is -0.775. The molecule has 0 aliphatic rings. The number of hydrogen-bond donors (Lipinski definition) is 0. The summed E-state index contributed by atoms with van der Waals surface area (Å²) in [6.07, 6.45) is 58.5. The number of unbranched alkanes of at least 4 members (excludes halogenated alkanes) is 31. The van der Waals surface area contributed by atoms with Gasteiger partial charge in [-0.1, -0.05) is 243 Å². The second-order valence-electron chi connectivity index (χ2n) is 17.8. The van der Waals surface area contributed by atoms with Crippen LogP contribution in [0.2, 0.25) is 0 Å². The van der Waals surface area contributed by atoms with Crippen molar-refractivity contribution in [3.63, 3.8) is 0 Å². The van der Waals surface area contributed by atoms with Crippen molar-refractivity contribution in [2.75, 3.05) is 13.2 Å². The molecule has 0 aromatic rings. The Morgan fingerprint density at radius 3 is 1.00 bits per heavy atom. The van der Waals surface area contributed by atoms with Gasteiger partial charge in [0.25, 0.3) is 0 Å². The van der Waals surface area contributed by atoms with Crippen molar-refractivity contribution >= 4 is 17.9 Å². The van der Waals surface area contributed by atoms with Crippen molar-refractivity contribution in [3.8, 4) is 0 Å². The van der Waals surface area contributed by atoms with Crippen LogP contribution in [-0.4, -0.2) is 37.2 Å². The normalized spacial score (nSPS) is 12.2. The monoisotopic (exact) mass is 857 g/mol. The first-order valence-electron chi connectivity index (χ1n) is 26.5. The minimum absolute atomic E-state index is 0.0752. The number of carbonyl (C=O) groups is 3. The highest BCUT2D eigenvalue weighted by Crippen LogP contribution is 2.16. The maximum absolute atomic E-state index is 12.8. The van der Waals surface area contributed by atoms with Gasteiger partial charge in [0.1, 0.15) is 13.2 Å². The van der Waals surface area contributed by atoms with E-state index in [2.05, 4.69) is 57.2 Å². The second kappa shape index (κ2) is 50.3. The molecule has 1 unspecified atom stereocenters. The van der Waals surface area contributed by atoms with E-state index in [9.17, 15) is 14.4 Å². The summed E-state index contributed by atoms with van der Waals surface area (Å²) in [6.45, 7) is 6.52. The lowest BCUT2D eigenvalue weighted by Gasteiger charge is -2.18. The smallest absolute Gasteiger partial charge is 0.306 e. The van der Waals surface area contributed by atoms with Crippen LogP contribution < -0.4 is 0 Å². The standard InChI is InChI=1S/C55H100O6/c1-4-7-10-13-16-19-21-23-25-26-27-28-30-31-33-36-39-42-45-48-54(57)60-51-52(50-59-53(56)47-44-41-38-35-18-15-12-9-6-3)61-55(58)49-46-43-40-37-34-32-29-24-22-20-17-14-11-8-5-2/h8,11,17,20,24,29,52H,4-7,9-10,12-16,18-19,21-23,25-28,30-51H2,1-3H3/b11-8-,20-17-,29-24-. The van der Waals surface area contributed by atoms with Crippen molar-refractivity contribution < 1.29 is 28.6 Å². The van der Waals surface area contributed by atoms with Gasteiger partial charge in [0, 0.05) is 19.3 Å². The first-order valence-corrected chi connectivity index (χ1v) is 26.5. The Morgan fingerprint density at radius 1 is 0.344 bits per heavy atom. The van der Waals surface area contributed by atoms with Gasteiger partial charge in [0.2, 0.25) is 0 Å². The average molecular weight is 857 g/mol. The molecular weight excluding hydrogens is 757 g/mol. The number of esters is 3. The molecule has 356 valence electrons. The van der Waals surface area contributed by atoms with Crippen LogP contribution in [0, 0.1) is 0 Å². The summed E-state index contributed by atoms with van der Waals surface area (Å²) in [5.74, 6) is -0.883. The van der Waals surface area contributed by atoms with Crippen LogP contribution in [0.3, 0.4) is 0 Å². The van der Waals surface area contributed by atoms with Crippen LogP contribution in [0.4, 0.5) is 0 Å². The zero-order valence-electron chi connectivity index (χ0n) is 40.7. The van der Waals surface area contributed by atoms with Crippen molar-refractivity contribution in [2.24, 2.45) is 0 Å². The van der Waals surface area contributed by atoms with E-state index in [0.29, 0.717) is 19.3 Å². The summed E-state index contributed by atoms with van der Waals surface area (Å²) in [6, 6.07) is 0. The van der Waals surface area contributed by atoms with E-state index in [1.807, 2.05) is 0 Å². The van der Waals surface area contributed by atoms with E-state index in [1.165, 1.54) is 141 Å². The van der Waals surface area contributed by atoms with Crippen LogP contribution in [-0.2, 0) is 28.6 Å². The van der Waals surface area contributed by atoms with Crippen LogP contribution in [0.25, 0.3) is 0 Å². The average Bonchev–Trinajstić information content (AvgIpc) is 3.26. The van der Waals surface area contributed by atoms with Gasteiger partial charge in [-0.2, -0.15) is 0 Å². The van der Waals surface area contributed by atoms with Crippen molar-refractivity contribution in [1.29, 1.82) is 0 Å². The van der Waals surface area contributed by atoms with Crippen molar-refractivity contribution in [1.82, 2.24) is 0 Å². The Labute approximate surface area is 378 Å². The van der Waals surface area contributed by atoms with Crippen LogP contribution in [0.15, 0.2) is 36.5 Å². The fraction of sp³-hybridized carbons (Fsp3) is 0.836. The molecule has 0 heterocycles. The summed E-state index contributed by atoms with van der Waals surface area (Å²) >= 11 is 0. The Hall–Kier alpha value is -2.37. The fourth-order valence-corrected chi connectivity index (χ4v) is 7.69. The van der Waals surface area contributed by atoms with Crippen LogP contribution >= 0.6 is 0 Å². The molecule has 0 bridgehead atoms. The highest BCUT2D eigenvalue weighted by Gasteiger charge is 2.19. The molecule has 0 aromatic carbocycles. The van der Waals surface area contributed by atoms with Gasteiger partial charge >= 0.3 is 17.9 Å². The maximum atomic E-state index is 12.8. The highest BCUT2D eigenvalue weighted by atomic mass is 16.6. The number of allylic oxidation sites excluding steroid dienone is 6. The third-order valence-corrected chi connectivity index (χ3v) is 11.7. The lowest BCUT2D eigenvalue weighted by molar-refractivity contribution is -0.167. The minimum Gasteiger partial charge on any atom is -0.462 e. The quantitative estimate of drug-likeness (QED) is 0.0262. The Morgan fingerprint density at radius 2 is 0.639 bits per heavy atom. The lowest BCUT2D eigenvalue weighted by atomic mass is 10.0. The molecule has 0 amide bonds. The van der Waals surface area contributed by atoms with E-state index >= 15 is 0 Å². The van der Waals surface area contributed by atoms with Crippen LogP contribution in [0.5, 0.6) is 0 Å². The molecule has 1 atom stereocenters. The number of rotatable bonds is 48. The van der Waals surface area contributed by atoms with E-state index in [4.69, 9.17) is 14.2 Å². The predicted octanol–water partition coefficient (Wildman–Crippen LogP) is 17.3. The molecule has 0 saturated heterocycles. The van der Waals surface area contributed by atoms with E-state index in [-0.39, 0.29) is 31.1 Å². The SMILES string of the molecule is CC/C=C\C/C=C\C/C=C\CCCCCCCC(=O)OC(COC(=O)CCCCCCCCCCC)COC(=O)CCCCCCCCCCCCCCCCCCCCC. The molecule has 0 aliphatic heterocycles. The molecular formula is C55H100O6. The zero-order chi connectivity index (χ0) is 44.4. The molecule has 0 saturated carbocycles. The van der Waals surface area contributed by atoms with Gasteiger partial charge in [-0.3, -0.25) is 14.4 Å². The van der Waals surface area contributed by atoms with Gasteiger partial charge < -0.3 is 14.2 Å². The van der Waals surface area contributed by atoms with E-state index < -0.39 is 6.10 Å².